The third-order valence-corrected chi connectivity index (χ3v) is 2.62. The molecule has 13 heavy (non-hydrogen) atoms. The predicted molar refractivity (Wildman–Crippen MR) is 56.7 cm³/mol. The Bertz CT molecular complexity index is 238. The Balaban J connectivity index is 2.10. The molecule has 0 saturated carbocycles. The lowest BCUT2D eigenvalue weighted by Gasteiger charge is -2.00. The zero-order valence-electron chi connectivity index (χ0n) is 7.40. The molecule has 0 aromatic heterocycles. The molecular formula is C10H13NOS. The van der Waals surface area contributed by atoms with E-state index in [4.69, 9.17) is 0 Å². The van der Waals surface area contributed by atoms with Gasteiger partial charge in [-0.3, -0.25) is 4.79 Å². The minimum absolute atomic E-state index is 0.739. The van der Waals surface area contributed by atoms with Crippen LogP contribution in [0, 0.1) is 0 Å². The van der Waals surface area contributed by atoms with Crippen molar-refractivity contribution in [3.8, 4) is 0 Å². The molecule has 0 unspecified atom stereocenters. The molecule has 0 spiro atoms. The molecule has 3 heteroatoms. The Labute approximate surface area is 82.7 Å². The van der Waals surface area contributed by atoms with Gasteiger partial charge < -0.3 is 5.32 Å². The normalized spacial score (nSPS) is 9.54. The van der Waals surface area contributed by atoms with Crippen molar-refractivity contribution < 1.29 is 4.79 Å². The Morgan fingerprint density at radius 2 is 2.08 bits per heavy atom. The lowest BCUT2D eigenvalue weighted by atomic mass is 10.2. The molecule has 0 bridgehead atoms. The maximum absolute atomic E-state index is 9.92. The number of thioether (sulfide) groups is 1. The third-order valence-electron chi connectivity index (χ3n) is 1.59. The van der Waals surface area contributed by atoms with Crippen molar-refractivity contribution >= 4 is 18.2 Å². The summed E-state index contributed by atoms with van der Waals surface area (Å²) in [4.78, 5) is 9.92. The Kier molecular flexibility index (Phi) is 5.10. The van der Waals surface area contributed by atoms with Gasteiger partial charge in [-0.25, -0.2) is 0 Å². The van der Waals surface area contributed by atoms with Gasteiger partial charge in [0.2, 0.25) is 6.41 Å². The lowest BCUT2D eigenvalue weighted by Crippen LogP contribution is -2.14. The maximum Gasteiger partial charge on any atom is 0.207 e. The Hall–Kier alpha value is -0.960. The van der Waals surface area contributed by atoms with Crippen LogP contribution < -0.4 is 5.32 Å². The van der Waals surface area contributed by atoms with Crippen LogP contribution in [0.2, 0.25) is 0 Å². The number of amides is 1. The van der Waals surface area contributed by atoms with Gasteiger partial charge in [-0.05, 0) is 5.56 Å². The summed E-state index contributed by atoms with van der Waals surface area (Å²) in [6.45, 7) is 0.751. The van der Waals surface area contributed by atoms with E-state index < -0.39 is 0 Å². The molecule has 2 nitrogen and oxygen atoms in total. The SMILES string of the molecule is O=CNCCSCc1ccccc1. The van der Waals surface area contributed by atoms with Gasteiger partial charge in [-0.15, -0.1) is 0 Å². The van der Waals surface area contributed by atoms with Crippen LogP contribution in [0.4, 0.5) is 0 Å². The lowest BCUT2D eigenvalue weighted by molar-refractivity contribution is -0.109. The van der Waals surface area contributed by atoms with Gasteiger partial charge in [-0.2, -0.15) is 11.8 Å². The summed E-state index contributed by atoms with van der Waals surface area (Å²) in [5.74, 6) is 1.98. The molecule has 0 fully saturated rings. The molecule has 1 aromatic rings. The van der Waals surface area contributed by atoms with Crippen LogP contribution in [0.5, 0.6) is 0 Å². The van der Waals surface area contributed by atoms with E-state index in [1.54, 1.807) is 0 Å². The minimum atomic E-state index is 0.739. The van der Waals surface area contributed by atoms with Gasteiger partial charge in [0.1, 0.15) is 0 Å². The van der Waals surface area contributed by atoms with Crippen LogP contribution in [0.1, 0.15) is 5.56 Å². The zero-order valence-corrected chi connectivity index (χ0v) is 8.22. The van der Waals surface area contributed by atoms with Crippen molar-refractivity contribution in [2.24, 2.45) is 0 Å². The molecule has 0 aliphatic heterocycles. The summed E-state index contributed by atoms with van der Waals surface area (Å²) in [6, 6.07) is 10.3. The Morgan fingerprint density at radius 3 is 2.77 bits per heavy atom. The second-order valence-corrected chi connectivity index (χ2v) is 3.72. The summed E-state index contributed by atoms with van der Waals surface area (Å²) in [7, 11) is 0. The molecule has 1 aromatic carbocycles. The predicted octanol–water partition coefficient (Wildman–Crippen LogP) is 1.67. The second-order valence-electron chi connectivity index (χ2n) is 2.61. The molecule has 1 amide bonds. The van der Waals surface area contributed by atoms with Crippen LogP contribution in [-0.4, -0.2) is 18.7 Å². The van der Waals surface area contributed by atoms with E-state index >= 15 is 0 Å². The summed E-state index contributed by atoms with van der Waals surface area (Å²) < 4.78 is 0. The van der Waals surface area contributed by atoms with E-state index in [0.717, 1.165) is 24.5 Å². The first-order valence-electron chi connectivity index (χ1n) is 4.22. The molecule has 70 valence electrons. The fraction of sp³-hybridized carbons (Fsp3) is 0.300. The smallest absolute Gasteiger partial charge is 0.207 e. The van der Waals surface area contributed by atoms with Gasteiger partial charge in [0.25, 0.3) is 0 Å². The number of nitrogens with one attached hydrogen (secondary N) is 1. The van der Waals surface area contributed by atoms with Crippen LogP contribution in [-0.2, 0) is 10.5 Å². The number of rotatable bonds is 6. The molecule has 0 aliphatic carbocycles. The van der Waals surface area contributed by atoms with Crippen molar-refractivity contribution in [2.45, 2.75) is 5.75 Å². The number of hydrogen-bond donors (Lipinski definition) is 1. The van der Waals surface area contributed by atoms with Gasteiger partial charge in [0.05, 0.1) is 0 Å². The second kappa shape index (κ2) is 6.54. The third kappa shape index (κ3) is 4.58. The molecule has 0 atom stereocenters. The minimum Gasteiger partial charge on any atom is -0.358 e. The number of hydrogen-bond acceptors (Lipinski definition) is 2. The monoisotopic (exact) mass is 195 g/mol. The van der Waals surface area contributed by atoms with Gasteiger partial charge in [-0.1, -0.05) is 30.3 Å². The zero-order chi connectivity index (χ0) is 9.36. The van der Waals surface area contributed by atoms with E-state index in [1.807, 2.05) is 30.0 Å². The first-order valence-corrected chi connectivity index (χ1v) is 5.37. The largest absolute Gasteiger partial charge is 0.358 e. The fourth-order valence-electron chi connectivity index (χ4n) is 0.954. The first-order chi connectivity index (χ1) is 6.43. The highest BCUT2D eigenvalue weighted by Crippen LogP contribution is 2.10. The standard InChI is InChI=1S/C10H13NOS/c12-9-11-6-7-13-8-10-4-2-1-3-5-10/h1-5,9H,6-8H2,(H,11,12). The van der Waals surface area contributed by atoms with E-state index in [-0.39, 0.29) is 0 Å². The van der Waals surface area contributed by atoms with Crippen LogP contribution >= 0.6 is 11.8 Å². The molecule has 0 heterocycles. The van der Waals surface area contributed by atoms with Gasteiger partial charge in [0, 0.05) is 18.1 Å². The van der Waals surface area contributed by atoms with Gasteiger partial charge >= 0.3 is 0 Å². The number of carbonyl (C=O) groups is 1. The fourth-order valence-corrected chi connectivity index (χ4v) is 1.79. The topological polar surface area (TPSA) is 29.1 Å². The molecular weight excluding hydrogens is 182 g/mol. The van der Waals surface area contributed by atoms with Crippen molar-refractivity contribution in [2.75, 3.05) is 12.3 Å². The van der Waals surface area contributed by atoms with Crippen molar-refractivity contribution in [3.63, 3.8) is 0 Å². The summed E-state index contributed by atoms with van der Waals surface area (Å²) in [5.41, 5.74) is 1.33. The number of benzene rings is 1. The average molecular weight is 195 g/mol. The molecule has 0 radical (unpaired) electrons. The van der Waals surface area contributed by atoms with Crippen LogP contribution in [0.3, 0.4) is 0 Å². The van der Waals surface area contributed by atoms with E-state index in [0.29, 0.717) is 0 Å². The number of carbonyl (C=O) groups excluding carboxylic acids is 1. The van der Waals surface area contributed by atoms with Crippen molar-refractivity contribution in [3.05, 3.63) is 35.9 Å². The quantitative estimate of drug-likeness (QED) is 0.552. The highest BCUT2D eigenvalue weighted by Gasteiger charge is 1.91. The average Bonchev–Trinajstić information content (AvgIpc) is 2.19. The molecule has 1 N–H and O–H groups in total. The maximum atomic E-state index is 9.92. The summed E-state index contributed by atoms with van der Waals surface area (Å²) in [5, 5.41) is 2.63. The highest BCUT2D eigenvalue weighted by molar-refractivity contribution is 7.98. The van der Waals surface area contributed by atoms with E-state index in [9.17, 15) is 4.79 Å². The van der Waals surface area contributed by atoms with Crippen molar-refractivity contribution in [1.82, 2.24) is 5.32 Å². The van der Waals surface area contributed by atoms with Crippen molar-refractivity contribution in [1.29, 1.82) is 0 Å². The van der Waals surface area contributed by atoms with Crippen LogP contribution in [0.25, 0.3) is 0 Å². The van der Waals surface area contributed by atoms with Gasteiger partial charge in [0.15, 0.2) is 0 Å². The molecule has 0 saturated heterocycles. The molecule has 1 rings (SSSR count). The first kappa shape index (κ1) is 10.1. The van der Waals surface area contributed by atoms with Crippen LogP contribution in [0.15, 0.2) is 30.3 Å². The highest BCUT2D eigenvalue weighted by atomic mass is 32.2. The van der Waals surface area contributed by atoms with E-state index in [1.165, 1.54) is 5.56 Å². The van der Waals surface area contributed by atoms with E-state index in [2.05, 4.69) is 17.4 Å². The Morgan fingerprint density at radius 1 is 1.31 bits per heavy atom. The summed E-state index contributed by atoms with van der Waals surface area (Å²) in [6.07, 6.45) is 0.739. The molecule has 0 aliphatic rings. The summed E-state index contributed by atoms with van der Waals surface area (Å²) >= 11 is 1.82.